The smallest absolute Gasteiger partial charge is 0.342 e. The van der Waals surface area contributed by atoms with Gasteiger partial charge in [-0.05, 0) is 6.07 Å². The Balaban J connectivity index is 2.17. The molecule has 2 aliphatic rings. The molecule has 0 spiro atoms. The Bertz CT molecular complexity index is 810. The van der Waals surface area contributed by atoms with Gasteiger partial charge in [0.2, 0.25) is 12.2 Å². The normalized spacial score (nSPS) is 15.2. The monoisotopic (exact) mass is 277 g/mol. The van der Waals surface area contributed by atoms with E-state index in [9.17, 15) is 14.7 Å². The summed E-state index contributed by atoms with van der Waals surface area (Å²) in [5.41, 5.74) is 0.0508. The van der Waals surface area contributed by atoms with E-state index in [1.54, 1.807) is 12.1 Å². The van der Waals surface area contributed by atoms with E-state index in [0.717, 1.165) is 0 Å². The van der Waals surface area contributed by atoms with Crippen molar-refractivity contribution >= 4 is 28.6 Å². The van der Waals surface area contributed by atoms with Gasteiger partial charge in [0.15, 0.2) is 11.5 Å². The SMILES string of the molecule is O=C(O)c1c2n(c3cc4c(cc3c1=O)OCO4)CS2. The Kier molecular flexibility index (Phi) is 1.95. The third kappa shape index (κ3) is 1.27. The molecule has 1 aromatic heterocycles. The van der Waals surface area contributed by atoms with E-state index in [0.29, 0.717) is 33.3 Å². The third-order valence-corrected chi connectivity index (χ3v) is 4.34. The lowest BCUT2D eigenvalue weighted by atomic mass is 10.1. The van der Waals surface area contributed by atoms with Gasteiger partial charge in [-0.3, -0.25) is 4.79 Å². The van der Waals surface area contributed by atoms with Crippen LogP contribution in [0.1, 0.15) is 10.4 Å². The van der Waals surface area contributed by atoms with Crippen molar-refractivity contribution in [3.8, 4) is 11.5 Å². The van der Waals surface area contributed by atoms with Crippen molar-refractivity contribution in [3.63, 3.8) is 0 Å². The zero-order valence-corrected chi connectivity index (χ0v) is 10.3. The number of rotatable bonds is 1. The maximum Gasteiger partial charge on any atom is 0.342 e. The van der Waals surface area contributed by atoms with Gasteiger partial charge in [-0.15, -0.1) is 0 Å². The second-order valence-corrected chi connectivity index (χ2v) is 5.17. The molecule has 7 heteroatoms. The van der Waals surface area contributed by atoms with Gasteiger partial charge in [-0.2, -0.15) is 0 Å². The van der Waals surface area contributed by atoms with Gasteiger partial charge in [-0.25, -0.2) is 4.79 Å². The molecule has 0 unspecified atom stereocenters. The van der Waals surface area contributed by atoms with Crippen molar-refractivity contribution in [2.45, 2.75) is 10.9 Å². The first-order chi connectivity index (χ1) is 9.16. The number of benzene rings is 1. The molecule has 0 aliphatic carbocycles. The summed E-state index contributed by atoms with van der Waals surface area (Å²) in [5, 5.41) is 10.0. The molecular formula is C12H7NO5S. The number of hydrogen-bond donors (Lipinski definition) is 1. The summed E-state index contributed by atoms with van der Waals surface area (Å²) in [6, 6.07) is 3.29. The molecule has 0 amide bonds. The Hall–Kier alpha value is -2.15. The predicted octanol–water partition coefficient (Wildman–Crippen LogP) is 1.49. The number of carboxylic acid groups (broad SMARTS) is 1. The molecule has 2 aromatic rings. The van der Waals surface area contributed by atoms with E-state index in [2.05, 4.69) is 0 Å². The zero-order chi connectivity index (χ0) is 13.1. The zero-order valence-electron chi connectivity index (χ0n) is 9.50. The second-order valence-electron chi connectivity index (χ2n) is 4.24. The molecule has 3 heterocycles. The molecule has 2 aliphatic heterocycles. The van der Waals surface area contributed by atoms with Crippen molar-refractivity contribution in [1.82, 2.24) is 4.57 Å². The molecule has 0 bridgehead atoms. The fourth-order valence-corrected chi connectivity index (χ4v) is 3.29. The molecule has 0 saturated heterocycles. The van der Waals surface area contributed by atoms with Crippen molar-refractivity contribution in [2.75, 3.05) is 6.79 Å². The Morgan fingerprint density at radius 2 is 2.05 bits per heavy atom. The van der Waals surface area contributed by atoms with Crippen LogP contribution in [-0.2, 0) is 5.88 Å². The van der Waals surface area contributed by atoms with E-state index in [-0.39, 0.29) is 12.4 Å². The fraction of sp³-hybridized carbons (Fsp3) is 0.167. The largest absolute Gasteiger partial charge is 0.477 e. The lowest BCUT2D eigenvalue weighted by Crippen LogP contribution is -2.25. The number of hydrogen-bond acceptors (Lipinski definition) is 5. The minimum absolute atomic E-state index is 0.118. The van der Waals surface area contributed by atoms with E-state index in [4.69, 9.17) is 9.47 Å². The molecule has 1 aromatic carbocycles. The summed E-state index contributed by atoms with van der Waals surface area (Å²) >= 11 is 1.36. The Morgan fingerprint density at radius 3 is 2.68 bits per heavy atom. The van der Waals surface area contributed by atoms with Gasteiger partial charge in [0.1, 0.15) is 5.56 Å². The van der Waals surface area contributed by atoms with Gasteiger partial charge in [0.25, 0.3) is 0 Å². The average molecular weight is 277 g/mol. The van der Waals surface area contributed by atoms with Crippen LogP contribution in [0.4, 0.5) is 0 Å². The number of carbonyl (C=O) groups is 1. The van der Waals surface area contributed by atoms with E-state index < -0.39 is 11.4 Å². The summed E-state index contributed by atoms with van der Waals surface area (Å²) in [6.07, 6.45) is 0. The molecular weight excluding hydrogens is 270 g/mol. The summed E-state index contributed by atoms with van der Waals surface area (Å²) in [4.78, 5) is 23.5. The first-order valence-corrected chi connectivity index (χ1v) is 6.51. The lowest BCUT2D eigenvalue weighted by Gasteiger charge is -2.25. The van der Waals surface area contributed by atoms with E-state index >= 15 is 0 Å². The highest BCUT2D eigenvalue weighted by Gasteiger charge is 2.29. The fourth-order valence-electron chi connectivity index (χ4n) is 2.34. The van der Waals surface area contributed by atoms with E-state index in [1.807, 2.05) is 4.57 Å². The molecule has 1 N–H and O–H groups in total. The quantitative estimate of drug-likeness (QED) is 0.851. The van der Waals surface area contributed by atoms with Gasteiger partial charge < -0.3 is 19.1 Å². The number of ether oxygens (including phenoxy) is 2. The van der Waals surface area contributed by atoms with Crippen LogP contribution in [0.5, 0.6) is 11.5 Å². The standard InChI is InChI=1S/C12H7NO5S/c14-10-5-1-7-8(18-4-17-7)2-6(5)13-3-19-11(13)9(10)12(15)16/h1-2H,3-4H2,(H,15,16). The van der Waals surface area contributed by atoms with Crippen LogP contribution < -0.4 is 14.9 Å². The third-order valence-electron chi connectivity index (χ3n) is 3.26. The second kappa shape index (κ2) is 3.45. The summed E-state index contributed by atoms with van der Waals surface area (Å²) < 4.78 is 12.3. The van der Waals surface area contributed by atoms with E-state index in [1.165, 1.54) is 11.8 Å². The molecule has 0 fully saturated rings. The molecule has 96 valence electrons. The Labute approximate surface area is 110 Å². The summed E-state index contributed by atoms with van der Waals surface area (Å²) in [5.74, 6) is 0.502. The molecule has 4 rings (SSSR count). The van der Waals surface area contributed by atoms with Crippen LogP contribution in [0.25, 0.3) is 10.9 Å². The van der Waals surface area contributed by atoms with Crippen molar-refractivity contribution in [1.29, 1.82) is 0 Å². The maximum atomic E-state index is 12.3. The molecule has 0 radical (unpaired) electrons. The number of carboxylic acids is 1. The van der Waals surface area contributed by atoms with Gasteiger partial charge in [0, 0.05) is 6.07 Å². The highest BCUT2D eigenvalue weighted by molar-refractivity contribution is 7.99. The van der Waals surface area contributed by atoms with Crippen molar-refractivity contribution in [3.05, 3.63) is 27.9 Å². The first kappa shape index (κ1) is 10.7. The predicted molar refractivity (Wildman–Crippen MR) is 67.1 cm³/mol. The summed E-state index contributed by atoms with van der Waals surface area (Å²) in [7, 11) is 0. The number of aromatic carboxylic acids is 1. The van der Waals surface area contributed by atoms with Crippen molar-refractivity contribution < 1.29 is 19.4 Å². The number of pyridine rings is 1. The minimum atomic E-state index is -1.19. The highest BCUT2D eigenvalue weighted by atomic mass is 32.2. The lowest BCUT2D eigenvalue weighted by molar-refractivity contribution is 0.0689. The number of thioether (sulfide) groups is 1. The maximum absolute atomic E-state index is 12.3. The topological polar surface area (TPSA) is 77.8 Å². The van der Waals surface area contributed by atoms with Crippen LogP contribution in [0.15, 0.2) is 22.0 Å². The van der Waals surface area contributed by atoms with Crippen molar-refractivity contribution in [2.24, 2.45) is 0 Å². The molecule has 19 heavy (non-hydrogen) atoms. The van der Waals surface area contributed by atoms with Crippen LogP contribution in [-0.4, -0.2) is 22.4 Å². The minimum Gasteiger partial charge on any atom is -0.477 e. The molecule has 6 nitrogen and oxygen atoms in total. The van der Waals surface area contributed by atoms with Gasteiger partial charge in [-0.1, -0.05) is 11.8 Å². The number of nitrogens with zero attached hydrogens (tertiary/aromatic N) is 1. The number of fused-ring (bicyclic) bond motifs is 4. The van der Waals surface area contributed by atoms with Crippen LogP contribution >= 0.6 is 11.8 Å². The molecule has 0 saturated carbocycles. The first-order valence-electron chi connectivity index (χ1n) is 5.53. The van der Waals surface area contributed by atoms with Crippen LogP contribution in [0, 0.1) is 0 Å². The Morgan fingerprint density at radius 1 is 1.32 bits per heavy atom. The summed E-state index contributed by atoms with van der Waals surface area (Å²) in [6.45, 7) is 0.118. The highest BCUT2D eigenvalue weighted by Crippen LogP contribution is 2.41. The van der Waals surface area contributed by atoms with Crippen LogP contribution in [0.3, 0.4) is 0 Å². The van der Waals surface area contributed by atoms with Gasteiger partial charge in [0.05, 0.1) is 21.8 Å². The molecule has 0 atom stereocenters. The number of aromatic nitrogens is 1. The van der Waals surface area contributed by atoms with Gasteiger partial charge >= 0.3 is 5.97 Å². The van der Waals surface area contributed by atoms with Crippen LogP contribution in [0.2, 0.25) is 0 Å². The average Bonchev–Trinajstić information content (AvgIpc) is 2.78.